The molecule has 98 valence electrons. The zero-order valence-electron chi connectivity index (χ0n) is 11.6. The molecular formula is C13H30N2O. The Morgan fingerprint density at radius 2 is 1.44 bits per heavy atom. The molecule has 3 heteroatoms. The molecule has 1 N–H and O–H groups in total. The van der Waals surface area contributed by atoms with Gasteiger partial charge in [-0.15, -0.1) is 0 Å². The highest BCUT2D eigenvalue weighted by Gasteiger charge is 2.14. The van der Waals surface area contributed by atoms with Crippen LogP contribution in [0.3, 0.4) is 0 Å². The van der Waals surface area contributed by atoms with Gasteiger partial charge in [-0.1, -0.05) is 27.7 Å². The van der Waals surface area contributed by atoms with E-state index in [9.17, 15) is 0 Å². The smallest absolute Gasteiger partial charge is 0.0558 e. The normalized spacial score (nSPS) is 12.0. The van der Waals surface area contributed by atoms with Gasteiger partial charge in [0.15, 0.2) is 0 Å². The van der Waals surface area contributed by atoms with E-state index >= 15 is 0 Å². The molecule has 0 radical (unpaired) electrons. The fraction of sp³-hybridized carbons (Fsp3) is 1.00. The van der Waals surface area contributed by atoms with Crippen LogP contribution in [0.15, 0.2) is 0 Å². The SMILES string of the molecule is CCC(CC)N(CCO)CCN(CC)CC. The van der Waals surface area contributed by atoms with Gasteiger partial charge in [0.2, 0.25) is 0 Å². The van der Waals surface area contributed by atoms with Gasteiger partial charge in [0.05, 0.1) is 6.61 Å². The molecule has 0 unspecified atom stereocenters. The van der Waals surface area contributed by atoms with Crippen LogP contribution in [-0.2, 0) is 0 Å². The second-order valence-electron chi connectivity index (χ2n) is 4.26. The van der Waals surface area contributed by atoms with Crippen LogP contribution in [0.1, 0.15) is 40.5 Å². The zero-order chi connectivity index (χ0) is 12.4. The molecule has 16 heavy (non-hydrogen) atoms. The molecule has 0 aliphatic heterocycles. The van der Waals surface area contributed by atoms with Crippen molar-refractivity contribution in [3.05, 3.63) is 0 Å². The monoisotopic (exact) mass is 230 g/mol. The van der Waals surface area contributed by atoms with Gasteiger partial charge < -0.3 is 10.0 Å². The summed E-state index contributed by atoms with van der Waals surface area (Å²) in [6.45, 7) is 14.4. The van der Waals surface area contributed by atoms with E-state index in [0.717, 1.165) is 32.7 Å². The number of rotatable bonds is 10. The minimum atomic E-state index is 0.273. The molecule has 0 aromatic carbocycles. The van der Waals surface area contributed by atoms with E-state index in [-0.39, 0.29) is 6.61 Å². The third-order valence-electron chi connectivity index (χ3n) is 3.44. The molecular weight excluding hydrogens is 200 g/mol. The maximum Gasteiger partial charge on any atom is 0.0558 e. The Labute approximate surface area is 101 Å². The summed E-state index contributed by atoms with van der Waals surface area (Å²) in [7, 11) is 0. The fourth-order valence-corrected chi connectivity index (χ4v) is 2.22. The van der Waals surface area contributed by atoms with Gasteiger partial charge >= 0.3 is 0 Å². The van der Waals surface area contributed by atoms with Crippen LogP contribution in [0.4, 0.5) is 0 Å². The van der Waals surface area contributed by atoms with Crippen LogP contribution >= 0.6 is 0 Å². The number of likely N-dealkylation sites (N-methyl/N-ethyl adjacent to an activating group) is 1. The molecule has 0 aliphatic carbocycles. The lowest BCUT2D eigenvalue weighted by Gasteiger charge is -2.31. The van der Waals surface area contributed by atoms with Crippen molar-refractivity contribution < 1.29 is 5.11 Å². The number of aliphatic hydroxyl groups is 1. The molecule has 0 rings (SSSR count). The molecule has 0 aromatic heterocycles. The minimum absolute atomic E-state index is 0.273. The highest BCUT2D eigenvalue weighted by Crippen LogP contribution is 2.08. The molecule has 0 amide bonds. The number of aliphatic hydroxyl groups excluding tert-OH is 1. The van der Waals surface area contributed by atoms with E-state index < -0.39 is 0 Å². The predicted octanol–water partition coefficient (Wildman–Crippen LogP) is 1.81. The Balaban J connectivity index is 4.10. The van der Waals surface area contributed by atoms with Gasteiger partial charge in [-0.05, 0) is 25.9 Å². The van der Waals surface area contributed by atoms with Gasteiger partial charge in [-0.2, -0.15) is 0 Å². The molecule has 0 fully saturated rings. The Morgan fingerprint density at radius 3 is 1.81 bits per heavy atom. The fourth-order valence-electron chi connectivity index (χ4n) is 2.22. The van der Waals surface area contributed by atoms with E-state index in [2.05, 4.69) is 37.5 Å². The van der Waals surface area contributed by atoms with Crippen molar-refractivity contribution >= 4 is 0 Å². The van der Waals surface area contributed by atoms with Gasteiger partial charge in [-0.3, -0.25) is 4.90 Å². The topological polar surface area (TPSA) is 26.7 Å². The number of nitrogens with zero attached hydrogens (tertiary/aromatic N) is 2. The second-order valence-corrected chi connectivity index (χ2v) is 4.26. The summed E-state index contributed by atoms with van der Waals surface area (Å²) in [5.74, 6) is 0. The summed E-state index contributed by atoms with van der Waals surface area (Å²) in [5, 5.41) is 9.10. The largest absolute Gasteiger partial charge is 0.395 e. The van der Waals surface area contributed by atoms with Crippen molar-refractivity contribution in [3.8, 4) is 0 Å². The van der Waals surface area contributed by atoms with Crippen molar-refractivity contribution in [2.45, 2.75) is 46.6 Å². The van der Waals surface area contributed by atoms with E-state index in [1.54, 1.807) is 0 Å². The summed E-state index contributed by atoms with van der Waals surface area (Å²) >= 11 is 0. The second kappa shape index (κ2) is 10.1. The Hall–Kier alpha value is -0.120. The van der Waals surface area contributed by atoms with E-state index in [4.69, 9.17) is 5.11 Å². The Morgan fingerprint density at radius 1 is 0.875 bits per heavy atom. The first-order valence-corrected chi connectivity index (χ1v) is 6.80. The highest BCUT2D eigenvalue weighted by atomic mass is 16.3. The van der Waals surface area contributed by atoms with Crippen LogP contribution in [0.2, 0.25) is 0 Å². The standard InChI is InChI=1S/C13H30N2O/c1-5-13(6-2)15(11-12-16)10-9-14(7-3)8-4/h13,16H,5-12H2,1-4H3. The lowest BCUT2D eigenvalue weighted by molar-refractivity contribution is 0.126. The summed E-state index contributed by atoms with van der Waals surface area (Å²) < 4.78 is 0. The predicted molar refractivity (Wildman–Crippen MR) is 70.8 cm³/mol. The summed E-state index contributed by atoms with van der Waals surface area (Å²) in [6.07, 6.45) is 2.35. The highest BCUT2D eigenvalue weighted by molar-refractivity contribution is 4.70. The molecule has 0 heterocycles. The van der Waals surface area contributed by atoms with Crippen LogP contribution in [0, 0.1) is 0 Å². The van der Waals surface area contributed by atoms with Gasteiger partial charge in [0, 0.05) is 25.7 Å². The first-order chi connectivity index (χ1) is 7.73. The van der Waals surface area contributed by atoms with E-state index in [1.807, 2.05) is 0 Å². The summed E-state index contributed by atoms with van der Waals surface area (Å²) in [4.78, 5) is 4.87. The maximum absolute atomic E-state index is 9.10. The van der Waals surface area contributed by atoms with Crippen LogP contribution < -0.4 is 0 Å². The third kappa shape index (κ3) is 5.83. The van der Waals surface area contributed by atoms with E-state index in [1.165, 1.54) is 12.8 Å². The van der Waals surface area contributed by atoms with E-state index in [0.29, 0.717) is 6.04 Å². The van der Waals surface area contributed by atoms with Crippen molar-refractivity contribution in [2.75, 3.05) is 39.3 Å². The average molecular weight is 230 g/mol. The molecule has 0 saturated heterocycles. The molecule has 0 atom stereocenters. The minimum Gasteiger partial charge on any atom is -0.395 e. The lowest BCUT2D eigenvalue weighted by atomic mass is 10.1. The summed E-state index contributed by atoms with van der Waals surface area (Å²) in [5.41, 5.74) is 0. The molecule has 0 aliphatic rings. The van der Waals surface area contributed by atoms with Crippen molar-refractivity contribution in [1.82, 2.24) is 9.80 Å². The Kier molecular flexibility index (Phi) is 9.99. The average Bonchev–Trinajstić information content (AvgIpc) is 2.31. The van der Waals surface area contributed by atoms with Gasteiger partial charge in [0.1, 0.15) is 0 Å². The molecule has 3 nitrogen and oxygen atoms in total. The maximum atomic E-state index is 9.10. The van der Waals surface area contributed by atoms with Crippen molar-refractivity contribution in [1.29, 1.82) is 0 Å². The van der Waals surface area contributed by atoms with Gasteiger partial charge in [-0.25, -0.2) is 0 Å². The van der Waals surface area contributed by atoms with Gasteiger partial charge in [0.25, 0.3) is 0 Å². The quantitative estimate of drug-likeness (QED) is 0.620. The Bertz CT molecular complexity index is 145. The van der Waals surface area contributed by atoms with Crippen LogP contribution in [0.25, 0.3) is 0 Å². The molecule has 0 bridgehead atoms. The molecule has 0 aromatic rings. The first-order valence-electron chi connectivity index (χ1n) is 6.80. The van der Waals surface area contributed by atoms with Crippen LogP contribution in [0.5, 0.6) is 0 Å². The van der Waals surface area contributed by atoms with Crippen molar-refractivity contribution in [3.63, 3.8) is 0 Å². The first kappa shape index (κ1) is 15.9. The van der Waals surface area contributed by atoms with Crippen molar-refractivity contribution in [2.24, 2.45) is 0 Å². The molecule has 0 saturated carbocycles. The third-order valence-corrected chi connectivity index (χ3v) is 3.44. The lowest BCUT2D eigenvalue weighted by Crippen LogP contribution is -2.42. The number of hydrogen-bond donors (Lipinski definition) is 1. The number of hydrogen-bond acceptors (Lipinski definition) is 3. The van der Waals surface area contributed by atoms with Crippen LogP contribution in [-0.4, -0.2) is 60.3 Å². The molecule has 0 spiro atoms. The summed E-state index contributed by atoms with van der Waals surface area (Å²) in [6, 6.07) is 0.628. The zero-order valence-corrected chi connectivity index (χ0v) is 11.6.